The number of carbonyl (C=O) groups is 1. The molecule has 2 atom stereocenters. The van der Waals surface area contributed by atoms with Crippen molar-refractivity contribution in [1.29, 1.82) is 0 Å². The molecule has 2 heterocycles. The van der Waals surface area contributed by atoms with Crippen molar-refractivity contribution in [2.24, 2.45) is 5.92 Å². The van der Waals surface area contributed by atoms with Gasteiger partial charge in [0.2, 0.25) is 0 Å². The lowest BCUT2D eigenvalue weighted by Gasteiger charge is -2.29. The van der Waals surface area contributed by atoms with Crippen LogP contribution in [0, 0.1) is 5.92 Å². The van der Waals surface area contributed by atoms with E-state index in [0.717, 1.165) is 12.1 Å². The number of rotatable bonds is 4. The minimum absolute atomic E-state index is 0.174. The minimum atomic E-state index is -0.174. The van der Waals surface area contributed by atoms with E-state index in [1.54, 1.807) is 16.9 Å². The fourth-order valence-corrected chi connectivity index (χ4v) is 3.03. The average Bonchev–Trinajstić information content (AvgIpc) is 2.97. The third-order valence-corrected chi connectivity index (χ3v) is 4.36. The largest absolute Gasteiger partial charge is 0.335 e. The average molecular weight is 313 g/mol. The molecular weight excluding hydrogens is 290 g/mol. The van der Waals surface area contributed by atoms with Crippen molar-refractivity contribution in [2.45, 2.75) is 45.2 Å². The maximum absolute atomic E-state index is 12.1. The van der Waals surface area contributed by atoms with Crippen LogP contribution in [-0.4, -0.2) is 26.8 Å². The Kier molecular flexibility index (Phi) is 4.90. The molecule has 1 aliphatic carbocycles. The zero-order valence-corrected chi connectivity index (χ0v) is 13.4. The standard InChI is InChI=1S/C17H23N5O/c1-13-6-2-3-8-15(13)19-17(23)20-16-9-11-22(21-16)12-14-7-4-5-10-18-14/h4-5,7,9-11,13,15H,2-3,6,8,12H2,1H3,(H2,19,20,21,23). The minimum Gasteiger partial charge on any atom is -0.335 e. The van der Waals surface area contributed by atoms with Gasteiger partial charge < -0.3 is 5.32 Å². The van der Waals surface area contributed by atoms with Crippen molar-refractivity contribution < 1.29 is 4.79 Å². The molecule has 1 saturated carbocycles. The number of nitrogens with one attached hydrogen (secondary N) is 2. The highest BCUT2D eigenvalue weighted by Gasteiger charge is 2.22. The monoisotopic (exact) mass is 313 g/mol. The van der Waals surface area contributed by atoms with Gasteiger partial charge in [-0.05, 0) is 30.9 Å². The second-order valence-electron chi connectivity index (χ2n) is 6.19. The Morgan fingerprint density at radius 1 is 1.30 bits per heavy atom. The Balaban J connectivity index is 1.53. The Bertz CT molecular complexity index is 639. The van der Waals surface area contributed by atoms with Crippen molar-refractivity contribution in [1.82, 2.24) is 20.1 Å². The first-order valence-electron chi connectivity index (χ1n) is 8.21. The lowest BCUT2D eigenvalue weighted by Crippen LogP contribution is -2.43. The summed E-state index contributed by atoms with van der Waals surface area (Å²) in [5, 5.41) is 10.2. The smallest absolute Gasteiger partial charge is 0.320 e. The number of anilines is 1. The van der Waals surface area contributed by atoms with E-state index in [1.165, 1.54) is 19.3 Å². The van der Waals surface area contributed by atoms with E-state index in [2.05, 4.69) is 27.6 Å². The summed E-state index contributed by atoms with van der Waals surface area (Å²) in [6.07, 6.45) is 8.30. The van der Waals surface area contributed by atoms with E-state index in [-0.39, 0.29) is 12.1 Å². The second-order valence-corrected chi connectivity index (χ2v) is 6.19. The van der Waals surface area contributed by atoms with E-state index in [0.29, 0.717) is 18.3 Å². The van der Waals surface area contributed by atoms with Crippen molar-refractivity contribution >= 4 is 11.8 Å². The normalized spacial score (nSPS) is 20.9. The van der Waals surface area contributed by atoms with E-state index >= 15 is 0 Å². The molecule has 0 radical (unpaired) electrons. The van der Waals surface area contributed by atoms with Gasteiger partial charge in [0.15, 0.2) is 5.82 Å². The van der Waals surface area contributed by atoms with Gasteiger partial charge in [-0.1, -0.05) is 25.8 Å². The van der Waals surface area contributed by atoms with E-state index in [1.807, 2.05) is 24.4 Å². The molecule has 0 saturated heterocycles. The molecule has 0 bridgehead atoms. The molecule has 6 heteroatoms. The van der Waals surface area contributed by atoms with Crippen molar-refractivity contribution in [2.75, 3.05) is 5.32 Å². The maximum Gasteiger partial charge on any atom is 0.320 e. The highest BCUT2D eigenvalue weighted by atomic mass is 16.2. The molecule has 6 nitrogen and oxygen atoms in total. The van der Waals surface area contributed by atoms with Gasteiger partial charge in [0, 0.05) is 24.5 Å². The zero-order chi connectivity index (χ0) is 16.1. The van der Waals surface area contributed by atoms with E-state index in [4.69, 9.17) is 0 Å². The molecule has 1 aliphatic rings. The first-order chi connectivity index (χ1) is 11.2. The van der Waals surface area contributed by atoms with E-state index < -0.39 is 0 Å². The summed E-state index contributed by atoms with van der Waals surface area (Å²) < 4.78 is 1.77. The van der Waals surface area contributed by atoms with Crippen LogP contribution in [0.3, 0.4) is 0 Å². The molecule has 1 fully saturated rings. The van der Waals surface area contributed by atoms with Gasteiger partial charge in [0.05, 0.1) is 12.2 Å². The lowest BCUT2D eigenvalue weighted by atomic mass is 9.86. The molecule has 2 aromatic heterocycles. The summed E-state index contributed by atoms with van der Waals surface area (Å²) in [7, 11) is 0. The summed E-state index contributed by atoms with van der Waals surface area (Å²) >= 11 is 0. The molecule has 2 amide bonds. The molecule has 3 rings (SSSR count). The number of aromatic nitrogens is 3. The van der Waals surface area contributed by atoms with Gasteiger partial charge in [-0.25, -0.2) is 4.79 Å². The molecular formula is C17H23N5O. The number of hydrogen-bond donors (Lipinski definition) is 2. The second kappa shape index (κ2) is 7.26. The van der Waals surface area contributed by atoms with Crippen LogP contribution in [0.25, 0.3) is 0 Å². The molecule has 0 spiro atoms. The topological polar surface area (TPSA) is 71.8 Å². The Morgan fingerprint density at radius 2 is 2.17 bits per heavy atom. The van der Waals surface area contributed by atoms with Crippen LogP contribution < -0.4 is 10.6 Å². The first-order valence-corrected chi connectivity index (χ1v) is 8.21. The number of amides is 2. The van der Waals surface area contributed by atoms with Gasteiger partial charge in [-0.3, -0.25) is 15.0 Å². The Morgan fingerprint density at radius 3 is 2.96 bits per heavy atom. The van der Waals surface area contributed by atoms with Crippen molar-refractivity contribution in [3.63, 3.8) is 0 Å². The van der Waals surface area contributed by atoms with Crippen LogP contribution in [0.4, 0.5) is 10.6 Å². The van der Waals surface area contributed by atoms with Crippen LogP contribution in [-0.2, 0) is 6.54 Å². The van der Waals surface area contributed by atoms with Gasteiger partial charge in [-0.15, -0.1) is 0 Å². The Hall–Kier alpha value is -2.37. The molecule has 2 aromatic rings. The summed E-state index contributed by atoms with van der Waals surface area (Å²) in [4.78, 5) is 16.4. The SMILES string of the molecule is CC1CCCCC1NC(=O)Nc1ccn(Cc2ccccn2)n1. The van der Waals surface area contributed by atoms with Crippen LogP contribution in [0.5, 0.6) is 0 Å². The fraction of sp³-hybridized carbons (Fsp3) is 0.471. The molecule has 2 unspecified atom stereocenters. The summed E-state index contributed by atoms with van der Waals surface area (Å²) in [5.74, 6) is 1.10. The van der Waals surface area contributed by atoms with Crippen molar-refractivity contribution in [3.05, 3.63) is 42.4 Å². The molecule has 122 valence electrons. The van der Waals surface area contributed by atoms with Crippen LogP contribution in [0.1, 0.15) is 38.3 Å². The van der Waals surface area contributed by atoms with Crippen LogP contribution in [0.15, 0.2) is 36.7 Å². The number of urea groups is 1. The van der Waals surface area contributed by atoms with Crippen LogP contribution >= 0.6 is 0 Å². The maximum atomic E-state index is 12.1. The van der Waals surface area contributed by atoms with Gasteiger partial charge >= 0.3 is 6.03 Å². The lowest BCUT2D eigenvalue weighted by molar-refractivity contribution is 0.232. The Labute approximate surface area is 136 Å². The van der Waals surface area contributed by atoms with Gasteiger partial charge in [0.25, 0.3) is 0 Å². The van der Waals surface area contributed by atoms with Gasteiger partial charge in [-0.2, -0.15) is 5.10 Å². The molecule has 0 aromatic carbocycles. The highest BCUT2D eigenvalue weighted by Crippen LogP contribution is 2.23. The number of carbonyl (C=O) groups excluding carboxylic acids is 1. The third kappa shape index (κ3) is 4.31. The first kappa shape index (κ1) is 15.5. The highest BCUT2D eigenvalue weighted by molar-refractivity contribution is 5.88. The predicted molar refractivity (Wildman–Crippen MR) is 89.1 cm³/mol. The number of pyridine rings is 1. The van der Waals surface area contributed by atoms with E-state index in [9.17, 15) is 4.79 Å². The summed E-state index contributed by atoms with van der Waals surface area (Å²) in [6.45, 7) is 2.79. The number of nitrogens with zero attached hydrogens (tertiary/aromatic N) is 3. The zero-order valence-electron chi connectivity index (χ0n) is 13.4. The molecule has 23 heavy (non-hydrogen) atoms. The van der Waals surface area contributed by atoms with Crippen LogP contribution in [0.2, 0.25) is 0 Å². The summed E-state index contributed by atoms with van der Waals surface area (Å²) in [5.41, 5.74) is 0.933. The molecule has 0 aliphatic heterocycles. The number of hydrogen-bond acceptors (Lipinski definition) is 3. The fourth-order valence-electron chi connectivity index (χ4n) is 3.03. The third-order valence-electron chi connectivity index (χ3n) is 4.36. The molecule has 2 N–H and O–H groups in total. The van der Waals surface area contributed by atoms with Gasteiger partial charge in [0.1, 0.15) is 0 Å². The quantitative estimate of drug-likeness (QED) is 0.911. The predicted octanol–water partition coefficient (Wildman–Crippen LogP) is 3.03. The van der Waals surface area contributed by atoms with Crippen molar-refractivity contribution in [3.8, 4) is 0 Å². The summed E-state index contributed by atoms with van der Waals surface area (Å²) in [6, 6.07) is 7.67.